The number of carbonyl (C=O) groups excluding carboxylic acids is 1. The maximum atomic E-state index is 13.0. The lowest BCUT2D eigenvalue weighted by molar-refractivity contribution is -0.146. The number of carbonyl (C=O) groups is 1. The number of halogens is 3. The Morgan fingerprint density at radius 2 is 2.04 bits per heavy atom. The number of nitrogens with one attached hydrogen (secondary N) is 2. The highest BCUT2D eigenvalue weighted by Crippen LogP contribution is 2.29. The second-order valence-corrected chi connectivity index (χ2v) is 5.93. The van der Waals surface area contributed by atoms with E-state index in [0.29, 0.717) is 16.6 Å². The average molecular weight is 362 g/mol. The zero-order chi connectivity index (χ0) is 18.5. The molecule has 1 unspecified atom stereocenters. The molecule has 0 aliphatic carbocycles. The zero-order valence-corrected chi connectivity index (χ0v) is 13.5. The van der Waals surface area contributed by atoms with Crippen molar-refractivity contribution < 1.29 is 18.0 Å². The number of hydrogen-bond donors (Lipinski definition) is 2. The van der Waals surface area contributed by atoms with E-state index >= 15 is 0 Å². The summed E-state index contributed by atoms with van der Waals surface area (Å²) in [6, 6.07) is 8.06. The van der Waals surface area contributed by atoms with E-state index in [9.17, 15) is 18.0 Å². The van der Waals surface area contributed by atoms with Gasteiger partial charge >= 0.3 is 6.18 Å². The van der Waals surface area contributed by atoms with Gasteiger partial charge < -0.3 is 10.6 Å². The highest BCUT2D eigenvalue weighted by Gasteiger charge is 2.37. The molecule has 7 nitrogen and oxygen atoms in total. The lowest BCUT2D eigenvalue weighted by Gasteiger charge is -2.17. The topological polar surface area (TPSA) is 84.2 Å². The minimum atomic E-state index is -4.65. The van der Waals surface area contributed by atoms with Gasteiger partial charge in [-0.2, -0.15) is 17.7 Å². The van der Waals surface area contributed by atoms with Crippen LogP contribution < -0.4 is 10.6 Å². The molecule has 3 heterocycles. The molecule has 2 aromatic heterocycles. The summed E-state index contributed by atoms with van der Waals surface area (Å²) in [4.78, 5) is 11.8. The van der Waals surface area contributed by atoms with Gasteiger partial charge in [0.1, 0.15) is 5.82 Å². The predicted octanol–water partition coefficient (Wildman–Crippen LogP) is 2.56. The van der Waals surface area contributed by atoms with Gasteiger partial charge in [-0.15, -0.1) is 15.3 Å². The number of rotatable bonds is 3. The highest BCUT2D eigenvalue weighted by atomic mass is 19.4. The molecule has 0 bridgehead atoms. The molecule has 1 aliphatic heterocycles. The summed E-state index contributed by atoms with van der Waals surface area (Å²) in [5.74, 6) is -1.07. The molecule has 3 aromatic rings. The molecule has 134 valence electrons. The molecule has 0 saturated carbocycles. The van der Waals surface area contributed by atoms with Gasteiger partial charge in [0.25, 0.3) is 11.7 Å². The standard InChI is InChI=1S/C16H13F3N6O/c1-8(9-3-2-4-10-11(9)7-20-14(10)26)21-12-5-6-13-22-23-15(16(17,18)19)25(13)24-12/h2-6,8H,7H2,1H3,(H,20,26)(H,21,24). The van der Waals surface area contributed by atoms with Crippen molar-refractivity contribution in [2.75, 3.05) is 5.32 Å². The van der Waals surface area contributed by atoms with Crippen LogP contribution in [0.1, 0.15) is 40.3 Å². The Bertz CT molecular complexity index is 1010. The van der Waals surface area contributed by atoms with Gasteiger partial charge in [-0.25, -0.2) is 0 Å². The Morgan fingerprint density at radius 1 is 1.23 bits per heavy atom. The number of hydrogen-bond acceptors (Lipinski definition) is 5. The first-order chi connectivity index (χ1) is 12.3. The monoisotopic (exact) mass is 362 g/mol. The first kappa shape index (κ1) is 16.3. The summed E-state index contributed by atoms with van der Waals surface area (Å²) >= 11 is 0. The summed E-state index contributed by atoms with van der Waals surface area (Å²) in [6.07, 6.45) is -4.65. The number of anilines is 1. The minimum absolute atomic E-state index is 0.00549. The van der Waals surface area contributed by atoms with Crippen LogP contribution in [0.5, 0.6) is 0 Å². The van der Waals surface area contributed by atoms with Crippen LogP contribution in [0.3, 0.4) is 0 Å². The molecule has 1 aromatic carbocycles. The van der Waals surface area contributed by atoms with Crippen molar-refractivity contribution in [2.24, 2.45) is 0 Å². The normalized spacial score (nSPS) is 15.0. The molecule has 0 fully saturated rings. The van der Waals surface area contributed by atoms with Crippen LogP contribution in [-0.4, -0.2) is 25.7 Å². The lowest BCUT2D eigenvalue weighted by Crippen LogP contribution is -2.15. The van der Waals surface area contributed by atoms with Gasteiger partial charge in [0, 0.05) is 12.1 Å². The second kappa shape index (κ2) is 5.68. The number of aromatic nitrogens is 4. The maximum Gasteiger partial charge on any atom is 0.453 e. The van der Waals surface area contributed by atoms with Gasteiger partial charge in [0.05, 0.1) is 6.04 Å². The highest BCUT2D eigenvalue weighted by molar-refractivity contribution is 5.98. The Balaban J connectivity index is 1.67. The van der Waals surface area contributed by atoms with Crippen molar-refractivity contribution in [3.05, 3.63) is 52.8 Å². The van der Waals surface area contributed by atoms with E-state index in [1.165, 1.54) is 12.1 Å². The van der Waals surface area contributed by atoms with Crippen molar-refractivity contribution in [1.29, 1.82) is 0 Å². The number of amides is 1. The van der Waals surface area contributed by atoms with Crippen molar-refractivity contribution in [3.8, 4) is 0 Å². The maximum absolute atomic E-state index is 13.0. The number of nitrogens with zero attached hydrogens (tertiary/aromatic N) is 4. The largest absolute Gasteiger partial charge is 0.453 e. The molecule has 2 N–H and O–H groups in total. The van der Waals surface area contributed by atoms with Crippen LogP contribution in [0.25, 0.3) is 5.65 Å². The minimum Gasteiger partial charge on any atom is -0.362 e. The van der Waals surface area contributed by atoms with Crippen LogP contribution >= 0.6 is 0 Å². The average Bonchev–Trinajstić information content (AvgIpc) is 3.18. The Hall–Kier alpha value is -3.17. The predicted molar refractivity (Wildman–Crippen MR) is 85.4 cm³/mol. The Kier molecular flexibility index (Phi) is 3.56. The summed E-state index contributed by atoms with van der Waals surface area (Å²) in [6.45, 7) is 2.27. The molecule has 10 heteroatoms. The molecule has 1 atom stereocenters. The summed E-state index contributed by atoms with van der Waals surface area (Å²) in [5, 5.41) is 16.4. The molecule has 26 heavy (non-hydrogen) atoms. The number of alkyl halides is 3. The van der Waals surface area contributed by atoms with E-state index in [1.807, 2.05) is 13.0 Å². The van der Waals surface area contributed by atoms with Crippen molar-refractivity contribution in [3.63, 3.8) is 0 Å². The lowest BCUT2D eigenvalue weighted by atomic mass is 9.98. The summed E-state index contributed by atoms with van der Waals surface area (Å²) in [5.41, 5.74) is 2.37. The molecule has 0 saturated heterocycles. The fourth-order valence-corrected chi connectivity index (χ4v) is 3.03. The fraction of sp³-hybridized carbons (Fsp3) is 0.250. The molecule has 0 spiro atoms. The van der Waals surface area contributed by atoms with E-state index in [4.69, 9.17) is 0 Å². The molecule has 1 aliphatic rings. The third kappa shape index (κ3) is 2.63. The Labute approximate surface area is 145 Å². The van der Waals surface area contributed by atoms with Gasteiger partial charge in [-0.05, 0) is 36.2 Å². The number of fused-ring (bicyclic) bond motifs is 2. The Morgan fingerprint density at radius 3 is 2.81 bits per heavy atom. The zero-order valence-electron chi connectivity index (χ0n) is 13.5. The van der Waals surface area contributed by atoms with Gasteiger partial charge in [0.15, 0.2) is 5.65 Å². The van der Waals surface area contributed by atoms with E-state index in [0.717, 1.165) is 11.1 Å². The van der Waals surface area contributed by atoms with Crippen LogP contribution in [0.2, 0.25) is 0 Å². The fourth-order valence-electron chi connectivity index (χ4n) is 3.03. The summed E-state index contributed by atoms with van der Waals surface area (Å²) < 4.78 is 39.6. The number of benzene rings is 1. The second-order valence-electron chi connectivity index (χ2n) is 5.93. The van der Waals surface area contributed by atoms with Crippen molar-refractivity contribution >= 4 is 17.4 Å². The third-order valence-electron chi connectivity index (χ3n) is 4.23. The van der Waals surface area contributed by atoms with E-state index in [1.54, 1.807) is 12.1 Å². The van der Waals surface area contributed by atoms with E-state index in [-0.39, 0.29) is 23.4 Å². The molecular formula is C16H13F3N6O. The van der Waals surface area contributed by atoms with Crippen LogP contribution in [0, 0.1) is 0 Å². The first-order valence-electron chi connectivity index (χ1n) is 7.81. The summed E-state index contributed by atoms with van der Waals surface area (Å²) in [7, 11) is 0. The van der Waals surface area contributed by atoms with Crippen molar-refractivity contribution in [2.45, 2.75) is 25.7 Å². The SMILES string of the molecule is CC(Nc1ccc2nnc(C(F)(F)F)n2n1)c1cccc2c1CNC2=O. The van der Waals surface area contributed by atoms with Gasteiger partial charge in [0.2, 0.25) is 0 Å². The quantitative estimate of drug-likeness (QED) is 0.748. The molecule has 0 radical (unpaired) electrons. The first-order valence-corrected chi connectivity index (χ1v) is 7.81. The van der Waals surface area contributed by atoms with E-state index in [2.05, 4.69) is 25.9 Å². The van der Waals surface area contributed by atoms with Crippen LogP contribution in [-0.2, 0) is 12.7 Å². The van der Waals surface area contributed by atoms with Gasteiger partial charge in [-0.3, -0.25) is 4.79 Å². The molecule has 4 rings (SSSR count). The smallest absolute Gasteiger partial charge is 0.362 e. The van der Waals surface area contributed by atoms with Crippen molar-refractivity contribution in [1.82, 2.24) is 25.1 Å². The van der Waals surface area contributed by atoms with E-state index < -0.39 is 12.0 Å². The third-order valence-corrected chi connectivity index (χ3v) is 4.23. The van der Waals surface area contributed by atoms with Crippen LogP contribution in [0.15, 0.2) is 30.3 Å². The van der Waals surface area contributed by atoms with Gasteiger partial charge in [-0.1, -0.05) is 12.1 Å². The molecule has 1 amide bonds. The van der Waals surface area contributed by atoms with Crippen LogP contribution in [0.4, 0.5) is 19.0 Å². The molecular weight excluding hydrogens is 349 g/mol.